The van der Waals surface area contributed by atoms with Crippen molar-refractivity contribution in [3.63, 3.8) is 0 Å². The summed E-state index contributed by atoms with van der Waals surface area (Å²) in [7, 11) is -2.40. The van der Waals surface area contributed by atoms with E-state index in [9.17, 15) is 23.1 Å². The number of sulfonamides is 1. The van der Waals surface area contributed by atoms with E-state index in [2.05, 4.69) is 4.98 Å². The predicted octanol–water partition coefficient (Wildman–Crippen LogP) is 3.26. The van der Waals surface area contributed by atoms with E-state index >= 15 is 0 Å². The van der Waals surface area contributed by atoms with Crippen molar-refractivity contribution < 1.29 is 32.6 Å². The van der Waals surface area contributed by atoms with E-state index in [0.29, 0.717) is 37.3 Å². The van der Waals surface area contributed by atoms with Crippen LogP contribution < -0.4 is 4.74 Å². The molecule has 3 aromatic rings. The van der Waals surface area contributed by atoms with E-state index in [-0.39, 0.29) is 29.2 Å². The monoisotopic (exact) mass is 515 g/mol. The number of fused-ring (bicyclic) bond motifs is 1. The third-order valence-electron chi connectivity index (χ3n) is 6.18. The van der Waals surface area contributed by atoms with E-state index in [1.54, 1.807) is 42.6 Å². The molecule has 192 valence electrons. The zero-order valence-corrected chi connectivity index (χ0v) is 21.2. The molecule has 4 rings (SSSR count). The quantitative estimate of drug-likeness (QED) is 0.453. The highest BCUT2D eigenvalue weighted by Crippen LogP contribution is 2.36. The van der Waals surface area contributed by atoms with Crippen LogP contribution in [0, 0.1) is 0 Å². The van der Waals surface area contributed by atoms with Gasteiger partial charge in [-0.25, -0.2) is 18.2 Å². The lowest BCUT2D eigenvalue weighted by molar-refractivity contribution is -0.137. The second-order valence-electron chi connectivity index (χ2n) is 8.98. The average Bonchev–Trinajstić information content (AvgIpc) is 3.20. The number of ether oxygens (including phenoxy) is 2. The molecule has 1 saturated heterocycles. The molecular formula is C25H29N3O7S. The Hall–Kier alpha value is -3.44. The Balaban J connectivity index is 1.55. The summed E-state index contributed by atoms with van der Waals surface area (Å²) in [6.07, 6.45) is 2.88. The molecule has 0 radical (unpaired) electrons. The van der Waals surface area contributed by atoms with Crippen molar-refractivity contribution >= 4 is 33.0 Å². The molecule has 1 aromatic carbocycles. The van der Waals surface area contributed by atoms with Crippen molar-refractivity contribution in [1.82, 2.24) is 13.9 Å². The van der Waals surface area contributed by atoms with Crippen LogP contribution in [0.3, 0.4) is 0 Å². The van der Waals surface area contributed by atoms with Gasteiger partial charge in [-0.05, 0) is 74.6 Å². The van der Waals surface area contributed by atoms with Gasteiger partial charge in [-0.1, -0.05) is 0 Å². The standard InChI is InChI=1S/C25H29N3O7S/c1-16(2)35-18-4-6-19(7-5-18)36(32,33)28-12-10-17(11-13-28)21-14-27(15-23(29)30)24-20(21)8-9-22(26-24)25(31)34-3/h4-9,14,16-17H,10-13,15H2,1-3H3,(H,29,30). The van der Waals surface area contributed by atoms with Crippen LogP contribution in [0.25, 0.3) is 11.0 Å². The van der Waals surface area contributed by atoms with Crippen LogP contribution in [-0.4, -0.2) is 65.6 Å². The molecular weight excluding hydrogens is 486 g/mol. The number of nitrogens with zero attached hydrogens (tertiary/aromatic N) is 3. The highest BCUT2D eigenvalue weighted by atomic mass is 32.2. The van der Waals surface area contributed by atoms with Crippen LogP contribution in [0.2, 0.25) is 0 Å². The summed E-state index contributed by atoms with van der Waals surface area (Å²) in [5.41, 5.74) is 1.36. The van der Waals surface area contributed by atoms with Gasteiger partial charge in [0.1, 0.15) is 17.9 Å². The molecule has 0 aliphatic carbocycles. The number of hydrogen-bond acceptors (Lipinski definition) is 7. The molecule has 36 heavy (non-hydrogen) atoms. The van der Waals surface area contributed by atoms with Crippen molar-refractivity contribution in [2.24, 2.45) is 0 Å². The predicted molar refractivity (Wildman–Crippen MR) is 132 cm³/mol. The first kappa shape index (κ1) is 25.6. The minimum absolute atomic E-state index is 0.00446. The summed E-state index contributed by atoms with van der Waals surface area (Å²) >= 11 is 0. The average molecular weight is 516 g/mol. The van der Waals surface area contributed by atoms with E-state index in [0.717, 1.165) is 10.9 Å². The lowest BCUT2D eigenvalue weighted by Crippen LogP contribution is -2.37. The van der Waals surface area contributed by atoms with Gasteiger partial charge in [0.2, 0.25) is 10.0 Å². The maximum atomic E-state index is 13.2. The van der Waals surface area contributed by atoms with Crippen LogP contribution in [0.1, 0.15) is 48.7 Å². The highest BCUT2D eigenvalue weighted by Gasteiger charge is 2.31. The molecule has 3 heterocycles. The summed E-state index contributed by atoms with van der Waals surface area (Å²) in [6, 6.07) is 9.73. The number of esters is 1. The molecule has 10 nitrogen and oxygen atoms in total. The van der Waals surface area contributed by atoms with Crippen molar-refractivity contribution in [3.05, 3.63) is 53.9 Å². The third-order valence-corrected chi connectivity index (χ3v) is 8.09. The Morgan fingerprint density at radius 1 is 1.11 bits per heavy atom. The molecule has 1 aliphatic heterocycles. The number of benzene rings is 1. The lowest BCUT2D eigenvalue weighted by Gasteiger charge is -2.31. The van der Waals surface area contributed by atoms with Crippen LogP contribution in [-0.2, 0) is 26.1 Å². The fourth-order valence-corrected chi connectivity index (χ4v) is 5.99. The maximum Gasteiger partial charge on any atom is 0.356 e. The van der Waals surface area contributed by atoms with Gasteiger partial charge in [0, 0.05) is 24.7 Å². The summed E-state index contributed by atoms with van der Waals surface area (Å²) in [5.74, 6) is -1.01. The molecule has 0 amide bonds. The van der Waals surface area contributed by atoms with Gasteiger partial charge in [0.05, 0.1) is 18.1 Å². The summed E-state index contributed by atoms with van der Waals surface area (Å²) < 4.78 is 39.7. The molecule has 1 fully saturated rings. The highest BCUT2D eigenvalue weighted by molar-refractivity contribution is 7.89. The minimum Gasteiger partial charge on any atom is -0.491 e. The normalized spacial score (nSPS) is 15.3. The zero-order chi connectivity index (χ0) is 26.0. The summed E-state index contributed by atoms with van der Waals surface area (Å²) in [6.45, 7) is 4.16. The van der Waals surface area contributed by atoms with E-state index in [1.807, 2.05) is 13.8 Å². The Morgan fingerprint density at radius 2 is 1.78 bits per heavy atom. The second-order valence-corrected chi connectivity index (χ2v) is 10.9. The van der Waals surface area contributed by atoms with Crippen LogP contribution in [0.15, 0.2) is 47.5 Å². The van der Waals surface area contributed by atoms with Gasteiger partial charge in [-0.15, -0.1) is 0 Å². The van der Waals surface area contributed by atoms with Crippen LogP contribution in [0.5, 0.6) is 5.75 Å². The maximum absolute atomic E-state index is 13.2. The van der Waals surface area contributed by atoms with Gasteiger partial charge in [-0.2, -0.15) is 4.31 Å². The summed E-state index contributed by atoms with van der Waals surface area (Å²) in [4.78, 5) is 27.9. The number of carbonyl (C=O) groups excluding carboxylic acids is 1. The van der Waals surface area contributed by atoms with Gasteiger partial charge < -0.3 is 19.1 Å². The van der Waals surface area contributed by atoms with Gasteiger partial charge in [-0.3, -0.25) is 4.79 Å². The van der Waals surface area contributed by atoms with E-state index in [4.69, 9.17) is 9.47 Å². The Morgan fingerprint density at radius 3 is 2.36 bits per heavy atom. The molecule has 0 spiro atoms. The van der Waals surface area contributed by atoms with Crippen molar-refractivity contribution in [2.75, 3.05) is 20.2 Å². The first-order valence-electron chi connectivity index (χ1n) is 11.7. The zero-order valence-electron chi connectivity index (χ0n) is 20.4. The number of carbonyl (C=O) groups is 2. The van der Waals surface area contributed by atoms with E-state index in [1.165, 1.54) is 16.0 Å². The van der Waals surface area contributed by atoms with Gasteiger partial charge in [0.25, 0.3) is 0 Å². The number of hydrogen-bond donors (Lipinski definition) is 1. The third kappa shape index (κ3) is 5.21. The molecule has 11 heteroatoms. The first-order chi connectivity index (χ1) is 17.1. The number of piperidine rings is 1. The Bertz CT molecular complexity index is 1370. The van der Waals surface area contributed by atoms with E-state index < -0.39 is 22.0 Å². The summed E-state index contributed by atoms with van der Waals surface area (Å²) in [5, 5.41) is 10.1. The molecule has 1 aliphatic rings. The largest absolute Gasteiger partial charge is 0.491 e. The number of methoxy groups -OCH3 is 1. The SMILES string of the molecule is COC(=O)c1ccc2c(C3CCN(S(=O)(=O)c4ccc(OC(C)C)cc4)CC3)cn(CC(=O)O)c2n1. The first-order valence-corrected chi connectivity index (χ1v) is 13.1. The number of aromatic nitrogens is 2. The molecule has 0 atom stereocenters. The molecule has 0 unspecified atom stereocenters. The molecule has 0 saturated carbocycles. The lowest BCUT2D eigenvalue weighted by atomic mass is 9.90. The Labute approximate surface area is 209 Å². The smallest absolute Gasteiger partial charge is 0.356 e. The van der Waals surface area contributed by atoms with Crippen molar-refractivity contribution in [1.29, 1.82) is 0 Å². The fourth-order valence-electron chi connectivity index (χ4n) is 4.52. The minimum atomic E-state index is -3.65. The number of carboxylic acid groups (broad SMARTS) is 1. The number of pyridine rings is 1. The molecule has 2 aromatic heterocycles. The number of aliphatic carboxylic acids is 1. The van der Waals surface area contributed by atoms with Gasteiger partial charge in [0.15, 0.2) is 5.69 Å². The number of rotatable bonds is 8. The topological polar surface area (TPSA) is 128 Å². The molecule has 0 bridgehead atoms. The van der Waals surface area contributed by atoms with Crippen LogP contribution in [0.4, 0.5) is 0 Å². The van der Waals surface area contributed by atoms with Crippen molar-refractivity contribution in [3.8, 4) is 5.75 Å². The fraction of sp³-hybridized carbons (Fsp3) is 0.400. The van der Waals surface area contributed by atoms with Crippen LogP contribution >= 0.6 is 0 Å². The van der Waals surface area contributed by atoms with Crippen molar-refractivity contribution in [2.45, 2.75) is 50.2 Å². The Kier molecular flexibility index (Phi) is 7.32. The number of carboxylic acids is 1. The van der Waals surface area contributed by atoms with Gasteiger partial charge >= 0.3 is 11.9 Å². The molecule has 1 N–H and O–H groups in total. The second kappa shape index (κ2) is 10.3.